The number of fused-ring (bicyclic) bond motifs is 1. The predicted octanol–water partition coefficient (Wildman–Crippen LogP) is 3.15. The van der Waals surface area contributed by atoms with E-state index < -0.39 is 0 Å². The van der Waals surface area contributed by atoms with Crippen molar-refractivity contribution in [2.75, 3.05) is 38.3 Å². The number of nitrogens with zero attached hydrogens (tertiary/aromatic N) is 1. The molecule has 5 heteroatoms. The van der Waals surface area contributed by atoms with Crippen LogP contribution in [-0.2, 0) is 9.47 Å². The Morgan fingerprint density at radius 2 is 2.35 bits per heavy atom. The largest absolute Gasteiger partial charge is 0.381 e. The number of para-hydroxylation sites is 1. The van der Waals surface area contributed by atoms with Crippen LogP contribution in [0.1, 0.15) is 12.8 Å². The normalized spacial score (nSPS) is 18.7. The van der Waals surface area contributed by atoms with E-state index in [0.29, 0.717) is 5.92 Å². The number of hydrogen-bond donors (Lipinski definition) is 1. The van der Waals surface area contributed by atoms with Gasteiger partial charge in [0.1, 0.15) is 0 Å². The van der Waals surface area contributed by atoms with Crippen LogP contribution in [0.2, 0.25) is 0 Å². The summed E-state index contributed by atoms with van der Waals surface area (Å²) in [6.07, 6.45) is 2.15. The Bertz CT molecular complexity index is 504. The van der Waals surface area contributed by atoms with Gasteiger partial charge in [0.05, 0.1) is 23.4 Å². The molecule has 0 saturated carbocycles. The Kier molecular flexibility index (Phi) is 4.84. The predicted molar refractivity (Wildman–Crippen MR) is 82.5 cm³/mol. The molecular formula is C15H20N2O2S. The van der Waals surface area contributed by atoms with Crippen molar-refractivity contribution in [2.24, 2.45) is 5.92 Å². The maximum atomic E-state index is 5.68. The van der Waals surface area contributed by atoms with Gasteiger partial charge in [-0.05, 0) is 25.0 Å². The standard InChI is InChI=1S/C15H20N2O2S/c1-2-5-14-13(4-1)17-15(20-14)16-7-3-8-18-10-12-6-9-19-11-12/h1-2,4-5,12H,3,6-11H2,(H,16,17). The lowest BCUT2D eigenvalue weighted by Crippen LogP contribution is -2.12. The minimum atomic E-state index is 0.604. The van der Waals surface area contributed by atoms with Crippen LogP contribution in [0, 0.1) is 5.92 Å². The molecule has 108 valence electrons. The number of thiazole rings is 1. The molecule has 3 rings (SSSR count). The van der Waals surface area contributed by atoms with Crippen LogP contribution in [0.25, 0.3) is 10.2 Å². The third kappa shape index (κ3) is 3.69. The van der Waals surface area contributed by atoms with E-state index in [4.69, 9.17) is 9.47 Å². The summed E-state index contributed by atoms with van der Waals surface area (Å²) in [6.45, 7) is 4.30. The van der Waals surface area contributed by atoms with Crippen molar-refractivity contribution in [3.05, 3.63) is 24.3 Å². The number of rotatable bonds is 7. The van der Waals surface area contributed by atoms with E-state index in [-0.39, 0.29) is 0 Å². The van der Waals surface area contributed by atoms with Gasteiger partial charge in [-0.2, -0.15) is 0 Å². The number of anilines is 1. The van der Waals surface area contributed by atoms with Gasteiger partial charge in [-0.3, -0.25) is 0 Å². The van der Waals surface area contributed by atoms with E-state index in [2.05, 4.69) is 16.4 Å². The van der Waals surface area contributed by atoms with E-state index in [9.17, 15) is 0 Å². The highest BCUT2D eigenvalue weighted by Gasteiger charge is 2.15. The third-order valence-electron chi connectivity index (χ3n) is 3.41. The molecule has 1 aromatic carbocycles. The molecule has 1 atom stereocenters. The van der Waals surface area contributed by atoms with Gasteiger partial charge in [0.25, 0.3) is 0 Å². The van der Waals surface area contributed by atoms with Crippen molar-refractivity contribution in [3.8, 4) is 0 Å². The lowest BCUT2D eigenvalue weighted by molar-refractivity contribution is 0.0897. The average Bonchev–Trinajstić information content (AvgIpc) is 3.11. The zero-order valence-corrected chi connectivity index (χ0v) is 12.3. The van der Waals surface area contributed by atoms with Crippen molar-refractivity contribution in [2.45, 2.75) is 12.8 Å². The zero-order chi connectivity index (χ0) is 13.6. The van der Waals surface area contributed by atoms with Crippen LogP contribution in [0.5, 0.6) is 0 Å². The minimum Gasteiger partial charge on any atom is -0.381 e. The molecule has 0 spiro atoms. The smallest absolute Gasteiger partial charge is 0.183 e. The first kappa shape index (κ1) is 13.8. The second-order valence-corrected chi connectivity index (χ2v) is 6.10. The zero-order valence-electron chi connectivity index (χ0n) is 11.5. The molecule has 0 aliphatic carbocycles. The SMILES string of the molecule is c1ccc2sc(NCCCOCC3CCOC3)nc2c1. The van der Waals surface area contributed by atoms with E-state index in [1.165, 1.54) is 4.70 Å². The molecule has 2 heterocycles. The molecule has 1 N–H and O–H groups in total. The fraction of sp³-hybridized carbons (Fsp3) is 0.533. The van der Waals surface area contributed by atoms with Crippen LogP contribution < -0.4 is 5.32 Å². The van der Waals surface area contributed by atoms with Crippen LogP contribution in [0.15, 0.2) is 24.3 Å². The van der Waals surface area contributed by atoms with Gasteiger partial charge in [-0.15, -0.1) is 0 Å². The van der Waals surface area contributed by atoms with E-state index in [0.717, 1.165) is 56.5 Å². The maximum Gasteiger partial charge on any atom is 0.183 e. The second-order valence-electron chi connectivity index (χ2n) is 5.07. The Hall–Kier alpha value is -1.17. The van der Waals surface area contributed by atoms with Crippen molar-refractivity contribution in [1.82, 2.24) is 4.98 Å². The monoisotopic (exact) mass is 292 g/mol. The van der Waals surface area contributed by atoms with Gasteiger partial charge in [0.2, 0.25) is 0 Å². The Labute approximate surface area is 123 Å². The highest BCUT2D eigenvalue weighted by atomic mass is 32.1. The van der Waals surface area contributed by atoms with Crippen molar-refractivity contribution in [1.29, 1.82) is 0 Å². The summed E-state index contributed by atoms with van der Waals surface area (Å²) in [5.41, 5.74) is 1.07. The molecule has 1 fully saturated rings. The number of aromatic nitrogens is 1. The molecule has 0 bridgehead atoms. The molecule has 1 aliphatic rings. The molecule has 1 aliphatic heterocycles. The third-order valence-corrected chi connectivity index (χ3v) is 4.41. The first-order valence-corrected chi connectivity index (χ1v) is 7.98. The quantitative estimate of drug-likeness (QED) is 0.796. The first-order chi connectivity index (χ1) is 9.92. The lowest BCUT2D eigenvalue weighted by Gasteiger charge is -2.08. The highest BCUT2D eigenvalue weighted by Crippen LogP contribution is 2.25. The Morgan fingerprint density at radius 3 is 3.20 bits per heavy atom. The second kappa shape index (κ2) is 7.02. The number of nitrogens with one attached hydrogen (secondary N) is 1. The Balaban J connectivity index is 1.33. The Morgan fingerprint density at radius 1 is 1.40 bits per heavy atom. The maximum absolute atomic E-state index is 5.68. The molecule has 1 unspecified atom stereocenters. The van der Waals surface area contributed by atoms with Gasteiger partial charge >= 0.3 is 0 Å². The van der Waals surface area contributed by atoms with Gasteiger partial charge in [0, 0.05) is 25.7 Å². The number of benzene rings is 1. The van der Waals surface area contributed by atoms with Gasteiger partial charge < -0.3 is 14.8 Å². The molecule has 1 aromatic heterocycles. The van der Waals surface area contributed by atoms with Crippen molar-refractivity contribution in [3.63, 3.8) is 0 Å². The molecule has 4 nitrogen and oxygen atoms in total. The van der Waals surface area contributed by atoms with E-state index in [1.807, 2.05) is 18.2 Å². The number of ether oxygens (including phenoxy) is 2. The van der Waals surface area contributed by atoms with Crippen LogP contribution >= 0.6 is 11.3 Å². The fourth-order valence-corrected chi connectivity index (χ4v) is 3.17. The van der Waals surface area contributed by atoms with Gasteiger partial charge in [-0.25, -0.2) is 4.98 Å². The van der Waals surface area contributed by atoms with Crippen molar-refractivity contribution < 1.29 is 9.47 Å². The molecule has 1 saturated heterocycles. The average molecular weight is 292 g/mol. The lowest BCUT2D eigenvalue weighted by atomic mass is 10.1. The summed E-state index contributed by atoms with van der Waals surface area (Å²) in [7, 11) is 0. The highest BCUT2D eigenvalue weighted by molar-refractivity contribution is 7.22. The molecule has 0 radical (unpaired) electrons. The summed E-state index contributed by atoms with van der Waals surface area (Å²) in [6, 6.07) is 8.21. The van der Waals surface area contributed by atoms with E-state index >= 15 is 0 Å². The topological polar surface area (TPSA) is 43.4 Å². The number of hydrogen-bond acceptors (Lipinski definition) is 5. The summed E-state index contributed by atoms with van der Waals surface area (Å²) >= 11 is 1.70. The summed E-state index contributed by atoms with van der Waals surface area (Å²) in [4.78, 5) is 4.54. The van der Waals surface area contributed by atoms with Gasteiger partial charge in [-0.1, -0.05) is 23.5 Å². The molecule has 2 aromatic rings. The fourth-order valence-electron chi connectivity index (χ4n) is 2.28. The summed E-state index contributed by atoms with van der Waals surface area (Å²) in [5.74, 6) is 0.604. The summed E-state index contributed by atoms with van der Waals surface area (Å²) < 4.78 is 12.2. The van der Waals surface area contributed by atoms with Gasteiger partial charge in [0.15, 0.2) is 5.13 Å². The van der Waals surface area contributed by atoms with E-state index in [1.54, 1.807) is 11.3 Å². The summed E-state index contributed by atoms with van der Waals surface area (Å²) in [5, 5.41) is 4.36. The first-order valence-electron chi connectivity index (χ1n) is 7.17. The van der Waals surface area contributed by atoms with Crippen LogP contribution in [-0.4, -0.2) is 38.0 Å². The molecular weight excluding hydrogens is 272 g/mol. The minimum absolute atomic E-state index is 0.604. The van der Waals surface area contributed by atoms with Crippen LogP contribution in [0.4, 0.5) is 5.13 Å². The molecule has 20 heavy (non-hydrogen) atoms. The molecule has 0 amide bonds. The van der Waals surface area contributed by atoms with Crippen LogP contribution in [0.3, 0.4) is 0 Å². The van der Waals surface area contributed by atoms with Crippen molar-refractivity contribution >= 4 is 26.7 Å².